The van der Waals surface area contributed by atoms with Crippen molar-refractivity contribution in [2.45, 2.75) is 148 Å². The van der Waals surface area contributed by atoms with Gasteiger partial charge in [-0.15, -0.1) is 0 Å². The highest BCUT2D eigenvalue weighted by Crippen LogP contribution is 2.31. The van der Waals surface area contributed by atoms with Gasteiger partial charge in [0.1, 0.15) is 29.9 Å². The summed E-state index contributed by atoms with van der Waals surface area (Å²) < 4.78 is 1.69. The zero-order valence-electron chi connectivity index (χ0n) is 40.3. The highest BCUT2D eigenvalue weighted by atomic mass is 16.3. The van der Waals surface area contributed by atoms with Crippen molar-refractivity contribution in [3.63, 3.8) is 0 Å². The fourth-order valence-corrected chi connectivity index (χ4v) is 9.35. The maximum absolute atomic E-state index is 14.8. The van der Waals surface area contributed by atoms with E-state index in [1.807, 2.05) is 25.1 Å². The largest absolute Gasteiger partial charge is 0.390 e. The van der Waals surface area contributed by atoms with Crippen LogP contribution in [-0.4, -0.2) is 125 Å². The monoisotopic (exact) mass is 942 g/mol. The molecule has 5 rings (SSSR count). The predicted octanol–water partition coefficient (Wildman–Crippen LogP) is 2.60. The van der Waals surface area contributed by atoms with Crippen LogP contribution in [0, 0.1) is 23.7 Å². The molecule has 2 aromatic heterocycles. The van der Waals surface area contributed by atoms with Crippen LogP contribution in [0.15, 0.2) is 67.3 Å². The first-order valence-corrected chi connectivity index (χ1v) is 24.1. The summed E-state index contributed by atoms with van der Waals surface area (Å²) in [5.74, 6) is -7.93. The minimum absolute atomic E-state index is 0.0159. The maximum Gasteiger partial charge on any atom is 0.285 e. The summed E-state index contributed by atoms with van der Waals surface area (Å²) in [6.45, 7) is 8.57. The Morgan fingerprint density at radius 3 is 2.09 bits per heavy atom. The molecule has 0 spiro atoms. The number of aryl methyl sites for hydroxylation is 1. The Labute approximate surface area is 399 Å². The molecule has 3 heterocycles. The van der Waals surface area contributed by atoms with E-state index in [1.54, 1.807) is 63.1 Å². The van der Waals surface area contributed by atoms with Crippen LogP contribution in [0.25, 0.3) is 0 Å². The molecule has 0 unspecified atom stereocenters. The first-order valence-electron chi connectivity index (χ1n) is 24.1. The first kappa shape index (κ1) is 53.1. The van der Waals surface area contributed by atoms with Gasteiger partial charge in [0, 0.05) is 51.4 Å². The third-order valence-electron chi connectivity index (χ3n) is 13.7. The number of benzene rings is 1. The molecular formula is C50H71N9O9. The lowest BCUT2D eigenvalue weighted by atomic mass is 9.79. The molecule has 18 heteroatoms. The van der Waals surface area contributed by atoms with Crippen LogP contribution in [0.4, 0.5) is 0 Å². The van der Waals surface area contributed by atoms with Crippen LogP contribution in [0.1, 0.15) is 114 Å². The molecule has 1 aliphatic carbocycles. The van der Waals surface area contributed by atoms with Crippen molar-refractivity contribution in [3.8, 4) is 0 Å². The number of imidazole rings is 1. The first-order chi connectivity index (χ1) is 32.4. The van der Waals surface area contributed by atoms with E-state index in [0.717, 1.165) is 37.7 Å². The number of amides is 7. The Morgan fingerprint density at radius 1 is 0.824 bits per heavy atom. The Hall–Kier alpha value is -5.85. The molecule has 370 valence electrons. The van der Waals surface area contributed by atoms with Gasteiger partial charge in [-0.05, 0) is 54.7 Å². The number of aromatic nitrogens is 3. The third-order valence-corrected chi connectivity index (χ3v) is 13.7. The number of imide groups is 3. The van der Waals surface area contributed by atoms with Gasteiger partial charge in [0.25, 0.3) is 11.8 Å². The van der Waals surface area contributed by atoms with Crippen molar-refractivity contribution in [2.24, 2.45) is 36.5 Å². The van der Waals surface area contributed by atoms with Gasteiger partial charge in [-0.2, -0.15) is 0 Å². The SMILES string of the molecule is CC[C@H](C)[C@H](N)C(=O)N(C(=O)c1ccccn1)C(=O)[C@H](C(C)C)[C@@H](O)[C@H](O)[C@H](CC1CCCCC1)NC(=O)[C@H](Cc1cncn1C)NC(=O)[C@H](Cc1ccccc1)NC(=O)[C@@H]1CCCN1C(C)=O. The Morgan fingerprint density at radius 2 is 1.49 bits per heavy atom. The molecule has 3 aromatic rings. The topological polar surface area (TPSA) is 259 Å². The predicted molar refractivity (Wildman–Crippen MR) is 253 cm³/mol. The summed E-state index contributed by atoms with van der Waals surface area (Å²) in [4.78, 5) is 108. The molecule has 2 fully saturated rings. The van der Waals surface area contributed by atoms with Gasteiger partial charge >= 0.3 is 0 Å². The molecule has 1 saturated carbocycles. The van der Waals surface area contributed by atoms with Gasteiger partial charge in [-0.3, -0.25) is 38.5 Å². The standard InChI is InChI=1S/C50H71N9O9/c1-7-31(4)42(51)50(68)59(48(66)36-21-14-15-23-53-36)49(67)41(30(2)3)44(62)43(61)37(25-33-17-10-8-11-18-33)54-46(64)39(27-35-28-52-29-57(35)6)55-45(63)38(26-34-19-12-9-13-20-34)56-47(65)40-22-16-24-58(40)32(5)60/h9,12-15,19-21,23,28-31,33,37-44,61-62H,7-8,10-11,16-18,22,24-27,51H2,1-6H3,(H,54,64)(H,55,63)(H,56,65)/t31-,37-,38-,39-,40-,41+,42-,43+,44+/m0/s1. The number of nitrogens with two attached hydrogens (primary N) is 1. The van der Waals surface area contributed by atoms with E-state index < -0.39 is 95.6 Å². The number of rotatable bonds is 21. The second-order valence-corrected chi connectivity index (χ2v) is 18.9. The normalized spacial score (nSPS) is 18.9. The van der Waals surface area contributed by atoms with Gasteiger partial charge in [0.15, 0.2) is 0 Å². The highest BCUT2D eigenvalue weighted by molar-refractivity contribution is 6.17. The van der Waals surface area contributed by atoms with E-state index in [2.05, 4.69) is 25.9 Å². The van der Waals surface area contributed by atoms with Crippen molar-refractivity contribution in [1.82, 2.24) is 40.3 Å². The molecule has 0 bridgehead atoms. The lowest BCUT2D eigenvalue weighted by Gasteiger charge is -2.37. The van der Waals surface area contributed by atoms with E-state index in [0.29, 0.717) is 36.4 Å². The molecule has 68 heavy (non-hydrogen) atoms. The fourth-order valence-electron chi connectivity index (χ4n) is 9.35. The number of aliphatic hydroxyl groups is 2. The molecule has 18 nitrogen and oxygen atoms in total. The number of aliphatic hydroxyl groups excluding tert-OH is 2. The van der Waals surface area contributed by atoms with Crippen molar-refractivity contribution in [3.05, 3.63) is 84.2 Å². The van der Waals surface area contributed by atoms with Crippen LogP contribution in [0.2, 0.25) is 0 Å². The Balaban J connectivity index is 1.47. The zero-order chi connectivity index (χ0) is 49.7. The molecule has 7 N–H and O–H groups in total. The van der Waals surface area contributed by atoms with Crippen LogP contribution in [0.5, 0.6) is 0 Å². The number of hydrogen-bond acceptors (Lipinski definition) is 12. The average Bonchev–Trinajstić information content (AvgIpc) is 4.00. The van der Waals surface area contributed by atoms with E-state index in [-0.39, 0.29) is 36.8 Å². The molecule has 1 aliphatic heterocycles. The van der Waals surface area contributed by atoms with Crippen molar-refractivity contribution in [1.29, 1.82) is 0 Å². The molecule has 0 radical (unpaired) electrons. The minimum Gasteiger partial charge on any atom is -0.390 e. The summed E-state index contributed by atoms with van der Waals surface area (Å²) in [6.07, 6.45) is 6.86. The number of hydrogen-bond donors (Lipinski definition) is 6. The summed E-state index contributed by atoms with van der Waals surface area (Å²) in [7, 11) is 1.73. The zero-order valence-corrected chi connectivity index (χ0v) is 40.3. The van der Waals surface area contributed by atoms with Gasteiger partial charge in [0.05, 0.1) is 30.4 Å². The van der Waals surface area contributed by atoms with E-state index in [1.165, 1.54) is 30.2 Å². The van der Waals surface area contributed by atoms with E-state index in [9.17, 15) is 43.8 Å². The van der Waals surface area contributed by atoms with Crippen molar-refractivity contribution < 1.29 is 43.8 Å². The quantitative estimate of drug-likeness (QED) is 0.0901. The number of likely N-dealkylation sites (tertiary alicyclic amines) is 1. The number of nitrogens with zero attached hydrogens (tertiary/aromatic N) is 5. The van der Waals surface area contributed by atoms with Crippen molar-refractivity contribution >= 4 is 41.4 Å². The molecule has 2 aliphatic rings. The van der Waals surface area contributed by atoms with Gasteiger partial charge in [-0.25, -0.2) is 9.88 Å². The van der Waals surface area contributed by atoms with Crippen molar-refractivity contribution in [2.75, 3.05) is 6.54 Å². The minimum atomic E-state index is -1.91. The number of carbonyl (C=O) groups excluding carboxylic acids is 7. The second-order valence-electron chi connectivity index (χ2n) is 18.9. The third kappa shape index (κ3) is 13.7. The summed E-state index contributed by atoms with van der Waals surface area (Å²) in [5.41, 5.74) is 7.45. The van der Waals surface area contributed by atoms with Crippen LogP contribution < -0.4 is 21.7 Å². The molecule has 9 atom stereocenters. The van der Waals surface area contributed by atoms with Crippen LogP contribution >= 0.6 is 0 Å². The fraction of sp³-hybridized carbons (Fsp3) is 0.580. The maximum atomic E-state index is 14.8. The van der Waals surface area contributed by atoms with E-state index in [4.69, 9.17) is 5.73 Å². The lowest BCUT2D eigenvalue weighted by Crippen LogP contribution is -2.61. The smallest absolute Gasteiger partial charge is 0.285 e. The van der Waals surface area contributed by atoms with Gasteiger partial charge < -0.3 is 41.4 Å². The molecule has 1 aromatic carbocycles. The molecular weight excluding hydrogens is 871 g/mol. The van der Waals surface area contributed by atoms with Gasteiger partial charge in [0.2, 0.25) is 29.5 Å². The Kier molecular flexibility index (Phi) is 19.5. The Bertz CT molecular complexity index is 2180. The van der Waals surface area contributed by atoms with Crippen LogP contribution in [-0.2, 0) is 48.7 Å². The number of nitrogens with one attached hydrogen (secondary N) is 3. The highest BCUT2D eigenvalue weighted by Gasteiger charge is 2.46. The van der Waals surface area contributed by atoms with Crippen LogP contribution in [0.3, 0.4) is 0 Å². The molecule has 1 saturated heterocycles. The van der Waals surface area contributed by atoms with E-state index >= 15 is 0 Å². The lowest BCUT2D eigenvalue weighted by molar-refractivity contribution is -0.152. The summed E-state index contributed by atoms with van der Waals surface area (Å²) in [6, 6.07) is 7.83. The number of carbonyl (C=O) groups is 7. The second kappa shape index (κ2) is 25.0. The molecule has 7 amide bonds. The summed E-state index contributed by atoms with van der Waals surface area (Å²) in [5, 5.41) is 33.2. The van der Waals surface area contributed by atoms with Gasteiger partial charge in [-0.1, -0.05) is 103 Å². The average molecular weight is 942 g/mol. The summed E-state index contributed by atoms with van der Waals surface area (Å²) >= 11 is 0. The number of pyridine rings is 1.